The molecule has 0 saturated carbocycles. The number of hydrogen-bond donors (Lipinski definition) is 0. The highest BCUT2D eigenvalue weighted by Crippen LogP contribution is 2.44. The lowest BCUT2D eigenvalue weighted by Crippen LogP contribution is -2.67. The van der Waals surface area contributed by atoms with E-state index in [-0.39, 0.29) is 77.1 Å². The molecule has 2 aliphatic heterocycles. The Kier molecular flexibility index (Phi) is 9.21. The molecule has 0 spiro atoms. The second-order valence-electron chi connectivity index (χ2n) is 13.4. The van der Waals surface area contributed by atoms with Crippen molar-refractivity contribution in [2.24, 2.45) is 0 Å². The molecule has 1 saturated heterocycles. The second kappa shape index (κ2) is 13.3. The first-order valence-electron chi connectivity index (χ1n) is 16.5. The second-order valence-corrected chi connectivity index (χ2v) is 13.4. The van der Waals surface area contributed by atoms with E-state index in [1.165, 1.54) is 46.9 Å². The third-order valence-corrected chi connectivity index (χ3v) is 9.49. The monoisotopic (exact) mass is 685 g/mol. The number of ether oxygens (including phenoxy) is 1. The third-order valence-electron chi connectivity index (χ3n) is 9.49. The molecule has 2 atom stereocenters. The van der Waals surface area contributed by atoms with Gasteiger partial charge in [-0.3, -0.25) is 23.9 Å². The summed E-state index contributed by atoms with van der Waals surface area (Å²) in [7, 11) is 5.08. The van der Waals surface area contributed by atoms with Crippen molar-refractivity contribution >= 4 is 34.2 Å². The van der Waals surface area contributed by atoms with Crippen molar-refractivity contribution in [3.8, 4) is 22.7 Å². The molecule has 0 aliphatic carbocycles. The molecular weight excluding hydrogens is 644 g/mol. The van der Waals surface area contributed by atoms with Gasteiger partial charge in [-0.25, -0.2) is 13.8 Å². The molecule has 1 fully saturated rings. The number of carbonyl (C=O) groups is 2. The number of anilines is 2. The Hall–Kier alpha value is -5.17. The van der Waals surface area contributed by atoms with Gasteiger partial charge in [0.25, 0.3) is 11.5 Å². The van der Waals surface area contributed by atoms with Gasteiger partial charge >= 0.3 is 0 Å². The number of methoxy groups -OCH3 is 1. The summed E-state index contributed by atoms with van der Waals surface area (Å²) in [4.78, 5) is 58.7. The van der Waals surface area contributed by atoms with Crippen molar-refractivity contribution in [1.82, 2.24) is 24.3 Å². The summed E-state index contributed by atoms with van der Waals surface area (Å²) < 4.78 is 38.9. The van der Waals surface area contributed by atoms with E-state index >= 15 is 13.6 Å². The van der Waals surface area contributed by atoms with Gasteiger partial charge in [-0.05, 0) is 69.8 Å². The van der Waals surface area contributed by atoms with Gasteiger partial charge in [-0.1, -0.05) is 26.5 Å². The quantitative estimate of drug-likeness (QED) is 0.247. The number of halogens is 2. The maximum absolute atomic E-state index is 16.6. The number of hydrogen-bond acceptors (Lipinski definition) is 8. The molecule has 2 aliphatic rings. The summed E-state index contributed by atoms with van der Waals surface area (Å²) in [5, 5.41) is 0.247. The maximum Gasteiger partial charge on any atom is 0.283 e. The van der Waals surface area contributed by atoms with Crippen LogP contribution < -0.4 is 20.1 Å². The number of amides is 2. The average Bonchev–Trinajstić information content (AvgIpc) is 3.07. The van der Waals surface area contributed by atoms with Crippen molar-refractivity contribution < 1.29 is 23.1 Å². The molecule has 2 amide bonds. The number of carbonyl (C=O) groups excluding carboxylic acids is 2. The summed E-state index contributed by atoms with van der Waals surface area (Å²) >= 11 is 0. The van der Waals surface area contributed by atoms with Crippen LogP contribution in [-0.2, 0) is 9.59 Å². The Bertz CT molecular complexity index is 2100. The minimum atomic E-state index is -0.871. The first kappa shape index (κ1) is 34.7. The van der Waals surface area contributed by atoms with Crippen molar-refractivity contribution in [1.29, 1.82) is 0 Å². The average molecular weight is 686 g/mol. The topological polar surface area (TPSA) is 104 Å². The number of fused-ring (bicyclic) bond motifs is 5. The highest BCUT2D eigenvalue weighted by molar-refractivity contribution is 6.12. The van der Waals surface area contributed by atoms with E-state index in [1.807, 2.05) is 46.7 Å². The number of nitrogens with zero attached hydrogens (tertiary/aromatic N) is 7. The van der Waals surface area contributed by atoms with Crippen LogP contribution in [0, 0.1) is 18.6 Å². The molecule has 1 aromatic carbocycles. The molecule has 0 radical (unpaired) electrons. The zero-order valence-corrected chi connectivity index (χ0v) is 29.3. The van der Waals surface area contributed by atoms with Crippen LogP contribution in [0.15, 0.2) is 54.0 Å². The van der Waals surface area contributed by atoms with Crippen molar-refractivity contribution in [3.05, 3.63) is 82.4 Å². The summed E-state index contributed by atoms with van der Waals surface area (Å²) in [5.74, 6) is -2.34. The first-order chi connectivity index (χ1) is 23.8. The third kappa shape index (κ3) is 5.59. The van der Waals surface area contributed by atoms with Crippen LogP contribution in [0.1, 0.15) is 37.9 Å². The summed E-state index contributed by atoms with van der Waals surface area (Å²) in [6, 6.07) is 5.92. The molecule has 0 N–H and O–H groups in total. The zero-order chi connectivity index (χ0) is 36.2. The Balaban J connectivity index is 1.78. The van der Waals surface area contributed by atoms with E-state index in [4.69, 9.17) is 9.72 Å². The van der Waals surface area contributed by atoms with Gasteiger partial charge in [-0.15, -0.1) is 0 Å². The molecular formula is C37H41F2N7O4. The molecule has 50 heavy (non-hydrogen) atoms. The number of piperazine rings is 1. The van der Waals surface area contributed by atoms with Gasteiger partial charge in [0, 0.05) is 37.3 Å². The fourth-order valence-electron chi connectivity index (χ4n) is 7.03. The zero-order valence-electron chi connectivity index (χ0n) is 29.3. The number of aryl methyl sites for hydroxylation is 1. The number of aromatic nitrogens is 3. The predicted molar refractivity (Wildman–Crippen MR) is 189 cm³/mol. The van der Waals surface area contributed by atoms with Crippen molar-refractivity contribution in [2.45, 2.75) is 45.7 Å². The number of benzene rings is 1. The lowest BCUT2D eigenvalue weighted by Gasteiger charge is -2.50. The molecule has 5 heterocycles. The van der Waals surface area contributed by atoms with Crippen LogP contribution in [-0.4, -0.2) is 95.6 Å². The molecule has 262 valence electrons. The number of pyridine rings is 3. The van der Waals surface area contributed by atoms with Crippen molar-refractivity contribution in [2.75, 3.05) is 57.2 Å². The summed E-state index contributed by atoms with van der Waals surface area (Å²) in [6.07, 6.45) is 2.87. The predicted octanol–water partition coefficient (Wildman–Crippen LogP) is 4.67. The SMILES string of the molecule is C=CC(=O)N1CC2C(=O)N(CCN(C)C)c3c(c4cc(F)c(-c5c(F)cccc5OC)nc4n(-c4c(C)ccnc4C(C)C)c3=O)N2CC1C. The van der Waals surface area contributed by atoms with Gasteiger partial charge in [0.05, 0.1) is 36.3 Å². The molecule has 13 heteroatoms. The van der Waals surface area contributed by atoms with Crippen LogP contribution >= 0.6 is 0 Å². The fourth-order valence-corrected chi connectivity index (χ4v) is 7.03. The van der Waals surface area contributed by atoms with Crippen LogP contribution in [0.2, 0.25) is 0 Å². The Morgan fingerprint density at radius 2 is 1.86 bits per heavy atom. The normalized spacial score (nSPS) is 17.4. The highest BCUT2D eigenvalue weighted by Gasteiger charge is 2.47. The Morgan fingerprint density at radius 1 is 1.12 bits per heavy atom. The van der Waals surface area contributed by atoms with E-state index < -0.39 is 23.2 Å². The molecule has 11 nitrogen and oxygen atoms in total. The van der Waals surface area contributed by atoms with Crippen LogP contribution in [0.25, 0.3) is 28.0 Å². The first-order valence-corrected chi connectivity index (χ1v) is 16.5. The van der Waals surface area contributed by atoms with Crippen molar-refractivity contribution in [3.63, 3.8) is 0 Å². The van der Waals surface area contributed by atoms with Gasteiger partial charge in [0.15, 0.2) is 11.5 Å². The van der Waals surface area contributed by atoms with Gasteiger partial charge in [-0.2, -0.15) is 0 Å². The van der Waals surface area contributed by atoms with Crippen LogP contribution in [0.4, 0.5) is 20.2 Å². The van der Waals surface area contributed by atoms with E-state index in [9.17, 15) is 9.59 Å². The van der Waals surface area contributed by atoms with Gasteiger partial charge in [0.1, 0.15) is 29.0 Å². The Morgan fingerprint density at radius 3 is 2.52 bits per heavy atom. The highest BCUT2D eigenvalue weighted by atomic mass is 19.1. The lowest BCUT2D eigenvalue weighted by molar-refractivity contribution is -0.130. The molecule has 2 unspecified atom stereocenters. The Labute approximate surface area is 289 Å². The minimum absolute atomic E-state index is 0.0347. The number of rotatable bonds is 8. The summed E-state index contributed by atoms with van der Waals surface area (Å²) in [5.41, 5.74) is 1.12. The van der Waals surface area contributed by atoms with E-state index in [0.29, 0.717) is 29.2 Å². The van der Waals surface area contributed by atoms with E-state index in [0.717, 1.165) is 0 Å². The van der Waals surface area contributed by atoms with Crippen LogP contribution in [0.5, 0.6) is 5.75 Å². The number of likely N-dealkylation sites (N-methyl/N-ethyl adjacent to an activating group) is 1. The standard InChI is InChI=1S/C37H41F2N7O4/c1-9-28(47)44-19-26-36(48)43(16-15-42(6)7)34-33(45(26)18-22(44)5)23-17-25(39)31(29-24(38)11-10-12-27(29)50-8)41-35(23)46(37(34)49)32-21(4)13-14-40-30(32)20(2)3/h9-14,17,20,22,26H,1,15-16,18-19H2,2-8H3. The van der Waals surface area contributed by atoms with Gasteiger partial charge < -0.3 is 24.3 Å². The molecule has 0 bridgehead atoms. The van der Waals surface area contributed by atoms with E-state index in [1.54, 1.807) is 22.1 Å². The fraction of sp³-hybridized carbons (Fsp3) is 0.378. The molecule has 4 aromatic rings. The largest absolute Gasteiger partial charge is 0.496 e. The van der Waals surface area contributed by atoms with Gasteiger partial charge in [0.2, 0.25) is 5.91 Å². The van der Waals surface area contributed by atoms with E-state index in [2.05, 4.69) is 11.6 Å². The maximum atomic E-state index is 16.6. The van der Waals surface area contributed by atoms with Crippen LogP contribution in [0.3, 0.4) is 0 Å². The summed E-state index contributed by atoms with van der Waals surface area (Å²) in [6.45, 7) is 12.0. The smallest absolute Gasteiger partial charge is 0.283 e. The molecule has 3 aromatic heterocycles. The lowest BCUT2D eigenvalue weighted by atomic mass is 9.97. The molecule has 6 rings (SSSR count). The minimum Gasteiger partial charge on any atom is -0.496 e.